The summed E-state index contributed by atoms with van der Waals surface area (Å²) in [5.74, 6) is -0.0567. The standard InChI is InChI=1S/C15H25NO3/c1-6-11-10(7-8-18-11)13(17)16-12-9-14(2,3)19-15(12,4)5/h6,10-12H,1,7-9H2,2-5H3,(H,16,17)/t10-,11+,12?/m1/s1. The monoisotopic (exact) mass is 267 g/mol. The summed E-state index contributed by atoms with van der Waals surface area (Å²) < 4.78 is 11.5. The van der Waals surface area contributed by atoms with Gasteiger partial charge >= 0.3 is 0 Å². The lowest BCUT2D eigenvalue weighted by atomic mass is 9.92. The highest BCUT2D eigenvalue weighted by atomic mass is 16.5. The first-order valence-corrected chi connectivity index (χ1v) is 7.00. The molecule has 1 amide bonds. The van der Waals surface area contributed by atoms with E-state index < -0.39 is 0 Å². The van der Waals surface area contributed by atoms with E-state index in [2.05, 4.69) is 25.7 Å². The van der Waals surface area contributed by atoms with Crippen molar-refractivity contribution in [1.29, 1.82) is 0 Å². The normalized spacial score (nSPS) is 36.1. The molecule has 4 heteroatoms. The molecule has 2 heterocycles. The summed E-state index contributed by atoms with van der Waals surface area (Å²) in [7, 11) is 0. The Morgan fingerprint density at radius 3 is 2.58 bits per heavy atom. The van der Waals surface area contributed by atoms with Gasteiger partial charge in [-0.05, 0) is 40.5 Å². The Morgan fingerprint density at radius 1 is 1.37 bits per heavy atom. The third-order valence-corrected chi connectivity index (χ3v) is 4.10. The fourth-order valence-electron chi connectivity index (χ4n) is 3.19. The van der Waals surface area contributed by atoms with Gasteiger partial charge in [0.2, 0.25) is 5.91 Å². The van der Waals surface area contributed by atoms with Crippen molar-refractivity contribution in [1.82, 2.24) is 5.32 Å². The van der Waals surface area contributed by atoms with E-state index in [0.29, 0.717) is 6.61 Å². The quantitative estimate of drug-likeness (QED) is 0.796. The summed E-state index contributed by atoms with van der Waals surface area (Å²) in [6.07, 6.45) is 3.16. The number of carbonyl (C=O) groups is 1. The molecule has 0 aromatic rings. The smallest absolute Gasteiger partial charge is 0.226 e. The minimum absolute atomic E-state index is 0.0427. The summed E-state index contributed by atoms with van der Waals surface area (Å²) in [5, 5.41) is 3.14. The Morgan fingerprint density at radius 2 is 2.05 bits per heavy atom. The van der Waals surface area contributed by atoms with Crippen molar-refractivity contribution < 1.29 is 14.3 Å². The van der Waals surface area contributed by atoms with Gasteiger partial charge in [0.1, 0.15) is 0 Å². The first kappa shape index (κ1) is 14.5. The first-order chi connectivity index (χ1) is 8.75. The molecule has 0 aromatic carbocycles. The lowest BCUT2D eigenvalue weighted by molar-refractivity contribution is -0.128. The van der Waals surface area contributed by atoms with E-state index >= 15 is 0 Å². The molecule has 108 valence electrons. The molecule has 2 aliphatic rings. The molecule has 2 fully saturated rings. The molecule has 2 saturated heterocycles. The van der Waals surface area contributed by atoms with Gasteiger partial charge in [0, 0.05) is 6.61 Å². The number of rotatable bonds is 3. The first-order valence-electron chi connectivity index (χ1n) is 7.00. The van der Waals surface area contributed by atoms with Gasteiger partial charge in [-0.3, -0.25) is 4.79 Å². The molecule has 0 aromatic heterocycles. The van der Waals surface area contributed by atoms with Gasteiger partial charge in [-0.25, -0.2) is 0 Å². The highest BCUT2D eigenvalue weighted by Gasteiger charge is 2.47. The number of carbonyl (C=O) groups excluding carboxylic acids is 1. The van der Waals surface area contributed by atoms with E-state index in [1.165, 1.54) is 0 Å². The molecule has 0 saturated carbocycles. The fourth-order valence-corrected chi connectivity index (χ4v) is 3.19. The molecular weight excluding hydrogens is 242 g/mol. The predicted octanol–water partition coefficient (Wildman–Crippen LogP) is 2.04. The molecule has 4 nitrogen and oxygen atoms in total. The Kier molecular flexibility index (Phi) is 3.76. The van der Waals surface area contributed by atoms with Crippen LogP contribution in [0.1, 0.15) is 40.5 Å². The van der Waals surface area contributed by atoms with Crippen LogP contribution in [0.15, 0.2) is 12.7 Å². The van der Waals surface area contributed by atoms with Crippen molar-refractivity contribution in [3.63, 3.8) is 0 Å². The number of hydrogen-bond donors (Lipinski definition) is 1. The highest BCUT2D eigenvalue weighted by Crippen LogP contribution is 2.37. The summed E-state index contributed by atoms with van der Waals surface area (Å²) >= 11 is 0. The van der Waals surface area contributed by atoms with Crippen LogP contribution in [0.4, 0.5) is 0 Å². The number of hydrogen-bond acceptors (Lipinski definition) is 3. The number of nitrogens with one attached hydrogen (secondary N) is 1. The van der Waals surface area contributed by atoms with Gasteiger partial charge in [-0.15, -0.1) is 6.58 Å². The summed E-state index contributed by atoms with van der Waals surface area (Å²) in [5.41, 5.74) is -0.520. The predicted molar refractivity (Wildman–Crippen MR) is 73.8 cm³/mol. The molecule has 2 rings (SSSR count). The average Bonchev–Trinajstić information content (AvgIpc) is 2.80. The van der Waals surface area contributed by atoms with Crippen molar-refractivity contribution in [2.75, 3.05) is 6.61 Å². The van der Waals surface area contributed by atoms with Crippen molar-refractivity contribution in [3.05, 3.63) is 12.7 Å². The molecule has 3 atom stereocenters. The van der Waals surface area contributed by atoms with Crippen molar-refractivity contribution in [3.8, 4) is 0 Å². The second-order valence-corrected chi connectivity index (χ2v) is 6.70. The van der Waals surface area contributed by atoms with Gasteiger partial charge < -0.3 is 14.8 Å². The molecule has 0 spiro atoms. The molecule has 0 aliphatic carbocycles. The summed E-state index contributed by atoms with van der Waals surface area (Å²) in [6.45, 7) is 12.5. The zero-order valence-electron chi connectivity index (χ0n) is 12.4. The molecule has 0 radical (unpaired) electrons. The van der Waals surface area contributed by atoms with Gasteiger partial charge in [-0.1, -0.05) is 6.08 Å². The molecule has 2 aliphatic heterocycles. The van der Waals surface area contributed by atoms with Gasteiger partial charge in [0.25, 0.3) is 0 Å². The third-order valence-electron chi connectivity index (χ3n) is 4.10. The van der Waals surface area contributed by atoms with E-state index in [1.807, 2.05) is 13.8 Å². The van der Waals surface area contributed by atoms with E-state index in [1.54, 1.807) is 6.08 Å². The maximum Gasteiger partial charge on any atom is 0.226 e. The lowest BCUT2D eigenvalue weighted by Crippen LogP contribution is -2.49. The van der Waals surface area contributed by atoms with Crippen molar-refractivity contribution in [2.45, 2.75) is 63.9 Å². The maximum absolute atomic E-state index is 12.4. The Balaban J connectivity index is 2.01. The second kappa shape index (κ2) is 4.91. The van der Waals surface area contributed by atoms with Crippen LogP contribution in [0.5, 0.6) is 0 Å². The minimum atomic E-state index is -0.331. The highest BCUT2D eigenvalue weighted by molar-refractivity contribution is 5.80. The van der Waals surface area contributed by atoms with Crippen LogP contribution < -0.4 is 5.32 Å². The second-order valence-electron chi connectivity index (χ2n) is 6.70. The number of ether oxygens (including phenoxy) is 2. The SMILES string of the molecule is C=C[C@@H]1OCC[C@H]1C(=O)NC1CC(C)(C)OC1(C)C. The maximum atomic E-state index is 12.4. The van der Waals surface area contributed by atoms with Gasteiger partial charge in [0.15, 0.2) is 0 Å². The fraction of sp³-hybridized carbons (Fsp3) is 0.800. The largest absolute Gasteiger partial charge is 0.373 e. The molecule has 1 N–H and O–H groups in total. The zero-order chi connectivity index (χ0) is 14.3. The average molecular weight is 267 g/mol. The summed E-state index contributed by atoms with van der Waals surface area (Å²) in [4.78, 5) is 12.4. The van der Waals surface area contributed by atoms with Gasteiger partial charge in [-0.2, -0.15) is 0 Å². The topological polar surface area (TPSA) is 47.6 Å². The Bertz CT molecular complexity index is 376. The third kappa shape index (κ3) is 3.00. The van der Waals surface area contributed by atoms with Crippen molar-refractivity contribution >= 4 is 5.91 Å². The van der Waals surface area contributed by atoms with E-state index in [9.17, 15) is 4.79 Å². The summed E-state index contributed by atoms with van der Waals surface area (Å²) in [6, 6.07) is 0.0427. The van der Waals surface area contributed by atoms with Crippen LogP contribution in [0.25, 0.3) is 0 Å². The van der Waals surface area contributed by atoms with E-state index in [0.717, 1.165) is 12.8 Å². The minimum Gasteiger partial charge on any atom is -0.373 e. The van der Waals surface area contributed by atoms with E-state index in [-0.39, 0.29) is 35.2 Å². The van der Waals surface area contributed by atoms with Crippen LogP contribution in [0.2, 0.25) is 0 Å². The molecule has 19 heavy (non-hydrogen) atoms. The van der Waals surface area contributed by atoms with E-state index in [4.69, 9.17) is 9.47 Å². The molecule has 1 unspecified atom stereocenters. The molecule has 0 bridgehead atoms. The van der Waals surface area contributed by atoms with Crippen LogP contribution in [0, 0.1) is 5.92 Å². The number of amides is 1. The zero-order valence-corrected chi connectivity index (χ0v) is 12.4. The van der Waals surface area contributed by atoms with Gasteiger partial charge in [0.05, 0.1) is 29.3 Å². The lowest BCUT2D eigenvalue weighted by Gasteiger charge is -2.28. The van der Waals surface area contributed by atoms with Crippen LogP contribution >= 0.6 is 0 Å². The Hall–Kier alpha value is -0.870. The van der Waals surface area contributed by atoms with Crippen LogP contribution in [0.3, 0.4) is 0 Å². The van der Waals surface area contributed by atoms with Crippen LogP contribution in [-0.4, -0.2) is 35.9 Å². The molecular formula is C15H25NO3. The van der Waals surface area contributed by atoms with Crippen molar-refractivity contribution in [2.24, 2.45) is 5.92 Å². The van der Waals surface area contributed by atoms with Crippen LogP contribution in [-0.2, 0) is 14.3 Å². The Labute approximate surface area is 115 Å².